The van der Waals surface area contributed by atoms with Gasteiger partial charge in [0.2, 0.25) is 0 Å². The third kappa shape index (κ3) is 5.38. The number of unbranched alkanes of at least 4 members (excludes halogenated alkanes) is 1. The van der Waals surface area contributed by atoms with Gasteiger partial charge in [-0.25, -0.2) is 0 Å². The van der Waals surface area contributed by atoms with Crippen molar-refractivity contribution >= 4 is 20.2 Å². The summed E-state index contributed by atoms with van der Waals surface area (Å²) in [7, 11) is 0. The predicted octanol–water partition coefficient (Wildman–Crippen LogP) is 2.09. The Bertz CT molecular complexity index is 101. The zero-order chi connectivity index (χ0) is 9.40. The molecular weight excluding hydrogens is 257 g/mol. The minimum absolute atomic E-state index is 0.428. The Hall–Kier alpha value is 0.719. The number of hydrogen-bond donors (Lipinski definition) is 1. The zero-order valence-corrected chi connectivity index (χ0v) is 11.5. The first-order valence-electron chi connectivity index (χ1n) is 5.00. The van der Waals surface area contributed by atoms with Crippen molar-refractivity contribution in [3.63, 3.8) is 0 Å². The van der Waals surface area contributed by atoms with Crippen molar-refractivity contribution < 1.29 is 3.07 Å². The summed E-state index contributed by atoms with van der Waals surface area (Å²) in [5, 5.41) is 0. The van der Waals surface area contributed by atoms with Crippen LogP contribution in [0.2, 0.25) is 4.44 Å². The quantitative estimate of drug-likeness (QED) is 0.724. The molecule has 0 aliphatic carbocycles. The van der Waals surface area contributed by atoms with Crippen LogP contribution in [-0.2, 0) is 3.07 Å². The van der Waals surface area contributed by atoms with Crippen LogP contribution < -0.4 is 5.73 Å². The van der Waals surface area contributed by atoms with E-state index in [1.54, 1.807) is 0 Å². The van der Waals surface area contributed by atoms with Gasteiger partial charge in [0, 0.05) is 0 Å². The molecule has 0 amide bonds. The summed E-state index contributed by atoms with van der Waals surface area (Å²) in [5.41, 5.74) is 6.06. The first-order valence-corrected chi connectivity index (χ1v) is 9.83. The fraction of sp³-hybridized carbons (Fsp3) is 1.00. The Labute approximate surface area is 84.1 Å². The van der Waals surface area contributed by atoms with Crippen molar-refractivity contribution in [1.29, 1.82) is 0 Å². The molecule has 0 aromatic rings. The van der Waals surface area contributed by atoms with Crippen LogP contribution in [-0.4, -0.2) is 30.8 Å². The number of hydrogen-bond acceptors (Lipinski definition) is 2. The summed E-state index contributed by atoms with van der Waals surface area (Å²) in [6.45, 7) is 7.36. The van der Waals surface area contributed by atoms with Crippen LogP contribution in [0.3, 0.4) is 0 Å². The Kier molecular flexibility index (Phi) is 8.82. The van der Waals surface area contributed by atoms with E-state index < -0.39 is 20.2 Å². The van der Waals surface area contributed by atoms with E-state index in [1.807, 2.05) is 0 Å². The molecule has 3 heteroatoms. The zero-order valence-electron chi connectivity index (χ0n) is 8.60. The molecule has 1 atom stereocenters. The molecule has 0 heterocycles. The Morgan fingerprint density at radius 2 is 2.00 bits per heavy atom. The summed E-state index contributed by atoms with van der Waals surface area (Å²) in [6.07, 6.45) is 3.69. The number of rotatable bonds is 7. The first-order chi connectivity index (χ1) is 5.76. The van der Waals surface area contributed by atoms with E-state index in [9.17, 15) is 0 Å². The molecule has 0 aliphatic heterocycles. The van der Waals surface area contributed by atoms with E-state index in [4.69, 9.17) is 8.81 Å². The van der Waals surface area contributed by atoms with Gasteiger partial charge < -0.3 is 0 Å². The number of nitrogens with two attached hydrogens (primary N) is 1. The van der Waals surface area contributed by atoms with E-state index in [-0.39, 0.29) is 0 Å². The Morgan fingerprint density at radius 3 is 2.42 bits per heavy atom. The Balaban J connectivity index is 3.60. The second kappa shape index (κ2) is 8.32. The molecule has 0 saturated heterocycles. The first kappa shape index (κ1) is 12.7. The van der Waals surface area contributed by atoms with E-state index >= 15 is 0 Å². The van der Waals surface area contributed by atoms with Crippen LogP contribution >= 0.6 is 0 Å². The second-order valence-corrected chi connectivity index (χ2v) is 10.6. The van der Waals surface area contributed by atoms with Crippen molar-refractivity contribution in [2.45, 2.75) is 48.5 Å². The van der Waals surface area contributed by atoms with Gasteiger partial charge in [-0.2, -0.15) is 0 Å². The fourth-order valence-electron chi connectivity index (χ4n) is 1.24. The van der Waals surface area contributed by atoms with Crippen molar-refractivity contribution in [2.75, 3.05) is 6.61 Å². The van der Waals surface area contributed by atoms with E-state index in [0.717, 1.165) is 6.61 Å². The van der Waals surface area contributed by atoms with Gasteiger partial charge >= 0.3 is 84.1 Å². The van der Waals surface area contributed by atoms with Gasteiger partial charge in [0.15, 0.2) is 0 Å². The van der Waals surface area contributed by atoms with Crippen LogP contribution in [0.25, 0.3) is 0 Å². The standard InChI is InChI=1S/C5H12N.C2H5O.C2H5.Sn/c1-2-3-4-5-6;1-2-3;1-2;/h5H,2-4,6H2,1H3;2H2,1H3;1H2,2H3;/q;-1;;+2. The third-order valence-electron chi connectivity index (χ3n) is 1.96. The van der Waals surface area contributed by atoms with Crippen LogP contribution in [0.4, 0.5) is 0 Å². The maximum atomic E-state index is 6.06. The third-order valence-corrected chi connectivity index (χ3v) is 9.02. The fourth-order valence-corrected chi connectivity index (χ4v) is 6.49. The summed E-state index contributed by atoms with van der Waals surface area (Å²) in [5.74, 6) is 0. The van der Waals surface area contributed by atoms with Crippen molar-refractivity contribution in [2.24, 2.45) is 5.73 Å². The molecule has 0 spiro atoms. The van der Waals surface area contributed by atoms with Gasteiger partial charge in [0.1, 0.15) is 0 Å². The van der Waals surface area contributed by atoms with Crippen LogP contribution in [0.5, 0.6) is 0 Å². The molecule has 0 aliphatic rings. The topological polar surface area (TPSA) is 35.2 Å². The normalized spacial score (nSPS) is 13.0. The maximum absolute atomic E-state index is 6.06. The summed E-state index contributed by atoms with van der Waals surface area (Å²) in [6, 6.07) is 0. The van der Waals surface area contributed by atoms with E-state index in [2.05, 4.69) is 20.8 Å². The van der Waals surface area contributed by atoms with Crippen molar-refractivity contribution in [3.8, 4) is 0 Å². The predicted molar refractivity (Wildman–Crippen MR) is 55.4 cm³/mol. The summed E-state index contributed by atoms with van der Waals surface area (Å²) < 4.78 is 7.37. The molecule has 72 valence electrons. The second-order valence-electron chi connectivity index (χ2n) is 3.00. The van der Waals surface area contributed by atoms with Gasteiger partial charge in [0.05, 0.1) is 0 Å². The molecule has 0 bridgehead atoms. The molecule has 2 N–H and O–H groups in total. The monoisotopic (exact) mass is 280 g/mol. The molecule has 0 radical (unpaired) electrons. The molecule has 2 nitrogen and oxygen atoms in total. The molecule has 0 fully saturated rings. The van der Waals surface area contributed by atoms with Crippen LogP contribution in [0, 0.1) is 0 Å². The van der Waals surface area contributed by atoms with Gasteiger partial charge in [-0.1, -0.05) is 0 Å². The SMILES string of the molecule is CCCC[CH](N)[Sn+]([CH2]C)[O]CC. The molecule has 0 saturated carbocycles. The van der Waals surface area contributed by atoms with Gasteiger partial charge in [0.25, 0.3) is 0 Å². The van der Waals surface area contributed by atoms with Crippen LogP contribution in [0.1, 0.15) is 40.0 Å². The molecule has 12 heavy (non-hydrogen) atoms. The van der Waals surface area contributed by atoms with Crippen molar-refractivity contribution in [1.82, 2.24) is 0 Å². The van der Waals surface area contributed by atoms with E-state index in [1.165, 1.54) is 23.7 Å². The summed E-state index contributed by atoms with van der Waals surface area (Å²) >= 11 is -1.61. The van der Waals surface area contributed by atoms with Gasteiger partial charge in [-0.3, -0.25) is 0 Å². The molecular formula is C9H22NOSn+. The average molecular weight is 279 g/mol. The van der Waals surface area contributed by atoms with Gasteiger partial charge in [-0.15, -0.1) is 0 Å². The van der Waals surface area contributed by atoms with E-state index in [0.29, 0.717) is 4.06 Å². The van der Waals surface area contributed by atoms with Crippen LogP contribution in [0.15, 0.2) is 0 Å². The van der Waals surface area contributed by atoms with Gasteiger partial charge in [-0.05, 0) is 0 Å². The minimum atomic E-state index is -1.61. The molecule has 1 unspecified atom stereocenters. The van der Waals surface area contributed by atoms with Crippen molar-refractivity contribution in [3.05, 3.63) is 0 Å². The summed E-state index contributed by atoms with van der Waals surface area (Å²) in [4.78, 5) is 0. The molecule has 0 aromatic heterocycles. The molecule has 0 aromatic carbocycles. The average Bonchev–Trinajstić information content (AvgIpc) is 2.10. The Morgan fingerprint density at radius 1 is 1.33 bits per heavy atom. The molecule has 0 rings (SSSR count).